The van der Waals surface area contributed by atoms with E-state index in [2.05, 4.69) is 5.32 Å². The summed E-state index contributed by atoms with van der Waals surface area (Å²) in [4.78, 5) is 13.1. The molecule has 0 aliphatic rings. The van der Waals surface area contributed by atoms with Gasteiger partial charge in [0.05, 0.1) is 6.54 Å². The van der Waals surface area contributed by atoms with Crippen molar-refractivity contribution in [2.24, 2.45) is 0 Å². The van der Waals surface area contributed by atoms with E-state index in [0.717, 1.165) is 5.69 Å². The zero-order valence-corrected chi connectivity index (χ0v) is 8.87. The lowest BCUT2D eigenvalue weighted by atomic mass is 10.2. The molecule has 0 radical (unpaired) electrons. The lowest BCUT2D eigenvalue weighted by Crippen LogP contribution is -2.33. The lowest BCUT2D eigenvalue weighted by molar-refractivity contribution is -0.117. The summed E-state index contributed by atoms with van der Waals surface area (Å²) in [6, 6.07) is 7.89. The van der Waals surface area contributed by atoms with Crippen molar-refractivity contribution in [2.45, 2.75) is 6.92 Å². The van der Waals surface area contributed by atoms with Gasteiger partial charge in [0.1, 0.15) is 0 Å². The number of nitrogens with one attached hydrogen (secondary N) is 1. The smallest absolute Gasteiger partial charge is 0.240 e. The average Bonchev–Trinajstić information content (AvgIpc) is 2.18. The standard InChI is InChI=1S/C11H16N2O/c1-9-4-6-10(7-5-9)13(3)11(14)8-12-2/h4-7,12H,8H2,1-3H3. The Labute approximate surface area is 84.7 Å². The summed E-state index contributed by atoms with van der Waals surface area (Å²) in [5.74, 6) is 0.0661. The van der Waals surface area contributed by atoms with Crippen molar-refractivity contribution < 1.29 is 4.79 Å². The molecule has 76 valence electrons. The minimum atomic E-state index is 0.0661. The minimum absolute atomic E-state index is 0.0661. The Hall–Kier alpha value is -1.35. The Balaban J connectivity index is 2.73. The Kier molecular flexibility index (Phi) is 3.65. The Morgan fingerprint density at radius 3 is 2.43 bits per heavy atom. The number of benzene rings is 1. The quantitative estimate of drug-likeness (QED) is 0.780. The van der Waals surface area contributed by atoms with Gasteiger partial charge in [-0.15, -0.1) is 0 Å². The number of nitrogens with zero attached hydrogens (tertiary/aromatic N) is 1. The van der Waals surface area contributed by atoms with Gasteiger partial charge in [0.15, 0.2) is 0 Å². The summed E-state index contributed by atoms with van der Waals surface area (Å²) in [5.41, 5.74) is 2.12. The molecule has 0 saturated heterocycles. The predicted molar refractivity (Wildman–Crippen MR) is 58.5 cm³/mol. The maximum absolute atomic E-state index is 11.5. The van der Waals surface area contributed by atoms with Crippen LogP contribution in [0.2, 0.25) is 0 Å². The van der Waals surface area contributed by atoms with Gasteiger partial charge in [-0.05, 0) is 26.1 Å². The number of amides is 1. The molecular formula is C11H16N2O. The maximum Gasteiger partial charge on any atom is 0.240 e. The molecule has 1 aromatic rings. The van der Waals surface area contributed by atoms with Crippen LogP contribution in [-0.2, 0) is 4.79 Å². The van der Waals surface area contributed by atoms with E-state index in [1.807, 2.05) is 31.2 Å². The highest BCUT2D eigenvalue weighted by molar-refractivity contribution is 5.94. The summed E-state index contributed by atoms with van der Waals surface area (Å²) in [5, 5.41) is 2.84. The first-order valence-corrected chi connectivity index (χ1v) is 4.63. The molecule has 1 amide bonds. The number of rotatable bonds is 3. The highest BCUT2D eigenvalue weighted by Gasteiger charge is 2.08. The van der Waals surface area contributed by atoms with Crippen molar-refractivity contribution in [1.82, 2.24) is 5.32 Å². The summed E-state index contributed by atoms with van der Waals surface area (Å²) in [6.07, 6.45) is 0. The molecule has 0 heterocycles. The van der Waals surface area contributed by atoms with Crippen molar-refractivity contribution in [3.05, 3.63) is 29.8 Å². The summed E-state index contributed by atoms with van der Waals surface area (Å²) >= 11 is 0. The number of hydrogen-bond donors (Lipinski definition) is 1. The fourth-order valence-electron chi connectivity index (χ4n) is 1.18. The molecule has 0 bridgehead atoms. The van der Waals surface area contributed by atoms with Gasteiger partial charge >= 0.3 is 0 Å². The highest BCUT2D eigenvalue weighted by Crippen LogP contribution is 2.12. The molecular weight excluding hydrogens is 176 g/mol. The van der Waals surface area contributed by atoms with E-state index in [9.17, 15) is 4.79 Å². The normalized spacial score (nSPS) is 9.93. The number of aryl methyl sites for hydroxylation is 1. The molecule has 1 rings (SSSR count). The van der Waals surface area contributed by atoms with Gasteiger partial charge < -0.3 is 10.2 Å². The zero-order valence-electron chi connectivity index (χ0n) is 8.87. The molecule has 0 atom stereocenters. The van der Waals surface area contributed by atoms with E-state index in [1.54, 1.807) is 19.0 Å². The number of anilines is 1. The van der Waals surface area contributed by atoms with Crippen LogP contribution in [0.3, 0.4) is 0 Å². The van der Waals surface area contributed by atoms with Crippen molar-refractivity contribution >= 4 is 11.6 Å². The highest BCUT2D eigenvalue weighted by atomic mass is 16.2. The SMILES string of the molecule is CNCC(=O)N(C)c1ccc(C)cc1. The summed E-state index contributed by atoms with van der Waals surface area (Å²) in [6.45, 7) is 2.39. The van der Waals surface area contributed by atoms with Crippen LogP contribution in [0.4, 0.5) is 5.69 Å². The second-order valence-corrected chi connectivity index (χ2v) is 3.32. The van der Waals surface area contributed by atoms with Crippen molar-refractivity contribution in [2.75, 3.05) is 25.5 Å². The van der Waals surface area contributed by atoms with Crippen molar-refractivity contribution in [3.8, 4) is 0 Å². The molecule has 0 aliphatic heterocycles. The third kappa shape index (κ3) is 2.57. The molecule has 1 N–H and O–H groups in total. The van der Waals surface area contributed by atoms with Crippen LogP contribution in [0.1, 0.15) is 5.56 Å². The number of carbonyl (C=O) groups is 1. The summed E-state index contributed by atoms with van der Waals surface area (Å²) < 4.78 is 0. The van der Waals surface area contributed by atoms with E-state index in [-0.39, 0.29) is 5.91 Å². The minimum Gasteiger partial charge on any atom is -0.314 e. The second-order valence-electron chi connectivity index (χ2n) is 3.32. The first-order valence-electron chi connectivity index (χ1n) is 4.63. The first kappa shape index (κ1) is 10.7. The maximum atomic E-state index is 11.5. The fourth-order valence-corrected chi connectivity index (χ4v) is 1.18. The van der Waals surface area contributed by atoms with Crippen LogP contribution >= 0.6 is 0 Å². The van der Waals surface area contributed by atoms with Gasteiger partial charge in [0.25, 0.3) is 0 Å². The van der Waals surface area contributed by atoms with Crippen molar-refractivity contribution in [3.63, 3.8) is 0 Å². The van der Waals surface area contributed by atoms with E-state index in [4.69, 9.17) is 0 Å². The number of likely N-dealkylation sites (N-methyl/N-ethyl adjacent to an activating group) is 2. The lowest BCUT2D eigenvalue weighted by Gasteiger charge is -2.17. The molecule has 0 aromatic heterocycles. The molecule has 0 spiro atoms. The predicted octanol–water partition coefficient (Wildman–Crippen LogP) is 1.18. The molecule has 14 heavy (non-hydrogen) atoms. The van der Waals surface area contributed by atoms with Gasteiger partial charge in [0.2, 0.25) is 5.91 Å². The van der Waals surface area contributed by atoms with E-state index >= 15 is 0 Å². The number of hydrogen-bond acceptors (Lipinski definition) is 2. The second kappa shape index (κ2) is 4.77. The van der Waals surface area contributed by atoms with Gasteiger partial charge in [-0.25, -0.2) is 0 Å². The first-order chi connectivity index (χ1) is 6.65. The third-order valence-electron chi connectivity index (χ3n) is 2.12. The van der Waals surface area contributed by atoms with Gasteiger partial charge in [0, 0.05) is 12.7 Å². The van der Waals surface area contributed by atoms with Gasteiger partial charge in [-0.3, -0.25) is 4.79 Å². The molecule has 0 saturated carbocycles. The molecule has 3 nitrogen and oxygen atoms in total. The molecule has 3 heteroatoms. The Morgan fingerprint density at radius 1 is 1.36 bits per heavy atom. The van der Waals surface area contributed by atoms with Crippen LogP contribution < -0.4 is 10.2 Å². The van der Waals surface area contributed by atoms with Crippen LogP contribution in [0, 0.1) is 6.92 Å². The van der Waals surface area contributed by atoms with E-state index in [0.29, 0.717) is 6.54 Å². The summed E-state index contributed by atoms with van der Waals surface area (Å²) in [7, 11) is 3.55. The Morgan fingerprint density at radius 2 is 1.93 bits per heavy atom. The van der Waals surface area contributed by atoms with Gasteiger partial charge in [-0.1, -0.05) is 17.7 Å². The fraction of sp³-hybridized carbons (Fsp3) is 0.364. The van der Waals surface area contributed by atoms with E-state index in [1.165, 1.54) is 5.56 Å². The van der Waals surface area contributed by atoms with Gasteiger partial charge in [-0.2, -0.15) is 0 Å². The van der Waals surface area contributed by atoms with Crippen LogP contribution in [-0.4, -0.2) is 26.5 Å². The van der Waals surface area contributed by atoms with Crippen LogP contribution in [0.5, 0.6) is 0 Å². The molecule has 0 aliphatic carbocycles. The molecule has 1 aromatic carbocycles. The van der Waals surface area contributed by atoms with Crippen LogP contribution in [0.25, 0.3) is 0 Å². The zero-order chi connectivity index (χ0) is 10.6. The van der Waals surface area contributed by atoms with Crippen LogP contribution in [0.15, 0.2) is 24.3 Å². The molecule has 0 fully saturated rings. The monoisotopic (exact) mass is 192 g/mol. The third-order valence-corrected chi connectivity index (χ3v) is 2.12. The topological polar surface area (TPSA) is 32.3 Å². The van der Waals surface area contributed by atoms with E-state index < -0.39 is 0 Å². The number of carbonyl (C=O) groups excluding carboxylic acids is 1. The molecule has 0 unspecified atom stereocenters. The average molecular weight is 192 g/mol. The van der Waals surface area contributed by atoms with Crippen molar-refractivity contribution in [1.29, 1.82) is 0 Å². The Bertz CT molecular complexity index is 306. The largest absolute Gasteiger partial charge is 0.314 e.